The van der Waals surface area contributed by atoms with E-state index in [2.05, 4.69) is 0 Å². The van der Waals surface area contributed by atoms with E-state index in [1.165, 1.54) is 6.92 Å². The van der Waals surface area contributed by atoms with Crippen molar-refractivity contribution in [2.24, 2.45) is 0 Å². The molecule has 1 atom stereocenters. The fourth-order valence-electron chi connectivity index (χ4n) is 1.20. The molecule has 4 nitrogen and oxygen atoms in total. The molecule has 1 aromatic rings. The van der Waals surface area contributed by atoms with Crippen molar-refractivity contribution in [1.29, 1.82) is 0 Å². The summed E-state index contributed by atoms with van der Waals surface area (Å²) in [5.41, 5.74) is -1.25. The molecule has 0 N–H and O–H groups in total. The van der Waals surface area contributed by atoms with Crippen molar-refractivity contribution in [3.63, 3.8) is 0 Å². The molecule has 4 heteroatoms. The van der Waals surface area contributed by atoms with Crippen LogP contribution in [0.25, 0.3) is 0 Å². The van der Waals surface area contributed by atoms with Crippen LogP contribution in [0.15, 0.2) is 30.2 Å². The van der Waals surface area contributed by atoms with E-state index in [1.54, 1.807) is 20.8 Å². The van der Waals surface area contributed by atoms with Crippen molar-refractivity contribution in [2.75, 3.05) is 4.90 Å². The topological polar surface area (TPSA) is 46.6 Å². The number of amides is 1. The Morgan fingerprint density at radius 1 is 1.39 bits per heavy atom. The van der Waals surface area contributed by atoms with Crippen LogP contribution < -0.4 is 4.90 Å². The summed E-state index contributed by atoms with van der Waals surface area (Å²) < 4.78 is 44.0. The number of rotatable bonds is 3. The van der Waals surface area contributed by atoms with Gasteiger partial charge in [-0.1, -0.05) is 18.1 Å². The van der Waals surface area contributed by atoms with Gasteiger partial charge in [-0.05, 0) is 39.8 Å². The monoisotopic (exact) mass is 254 g/mol. The Morgan fingerprint density at radius 3 is 2.39 bits per heavy atom. The molecular weight excluding hydrogens is 230 g/mol. The Hall–Kier alpha value is -1.84. The summed E-state index contributed by atoms with van der Waals surface area (Å²) in [5.74, 6) is 0. The zero-order chi connectivity index (χ0) is 18.1. The number of benzene rings is 1. The molecule has 0 saturated heterocycles. The molecule has 0 unspecified atom stereocenters. The summed E-state index contributed by atoms with van der Waals surface area (Å²) in [6.45, 7) is 6.24. The zero-order valence-corrected chi connectivity index (χ0v) is 10.8. The van der Waals surface area contributed by atoms with Crippen molar-refractivity contribution in [3.8, 4) is 0 Å². The molecule has 1 aromatic carbocycles. The number of carbonyl (C=O) groups excluding carboxylic acids is 2. The molecule has 1 amide bonds. The van der Waals surface area contributed by atoms with Crippen molar-refractivity contribution in [1.82, 2.24) is 0 Å². The van der Waals surface area contributed by atoms with Crippen LogP contribution in [0.2, 0.25) is 0 Å². The average Bonchev–Trinajstić information content (AvgIpc) is 2.44. The third-order valence-corrected chi connectivity index (χ3v) is 1.92. The molecule has 0 fully saturated rings. The van der Waals surface area contributed by atoms with Gasteiger partial charge < -0.3 is 9.53 Å². The second-order valence-corrected chi connectivity index (χ2v) is 4.70. The van der Waals surface area contributed by atoms with Crippen LogP contribution >= 0.6 is 0 Å². The highest BCUT2D eigenvalue weighted by Crippen LogP contribution is 2.19. The van der Waals surface area contributed by atoms with Crippen molar-refractivity contribution >= 4 is 18.1 Å². The summed E-state index contributed by atoms with van der Waals surface area (Å²) in [6.07, 6.45) is -0.527. The molecule has 0 aromatic heterocycles. The molecular formula is C14H19NO3. The minimum absolute atomic E-state index is 0.384. The lowest BCUT2D eigenvalue weighted by molar-refractivity contribution is -0.108. The number of carbonyl (C=O) groups is 2. The van der Waals surface area contributed by atoms with E-state index in [0.29, 0.717) is 6.29 Å². The van der Waals surface area contributed by atoms with Crippen LogP contribution in [0.5, 0.6) is 0 Å². The highest BCUT2D eigenvalue weighted by molar-refractivity contribution is 5.92. The lowest BCUT2D eigenvalue weighted by Gasteiger charge is -2.29. The van der Waals surface area contributed by atoms with Crippen LogP contribution in [-0.2, 0) is 9.53 Å². The number of anilines is 1. The third kappa shape index (κ3) is 3.87. The molecule has 1 rings (SSSR count). The average molecular weight is 254 g/mol. The van der Waals surface area contributed by atoms with Crippen LogP contribution in [0, 0.1) is 0 Å². The van der Waals surface area contributed by atoms with Gasteiger partial charge in [-0.15, -0.1) is 0 Å². The second kappa shape index (κ2) is 5.67. The van der Waals surface area contributed by atoms with Crippen LogP contribution in [-0.4, -0.2) is 24.0 Å². The van der Waals surface area contributed by atoms with Gasteiger partial charge in [0.05, 0.1) is 12.9 Å². The smallest absolute Gasteiger partial charge is 0.415 e. The van der Waals surface area contributed by atoms with E-state index in [-0.39, 0.29) is 5.69 Å². The summed E-state index contributed by atoms with van der Waals surface area (Å²) in [7, 11) is 0. The Labute approximate surface area is 115 Å². The van der Waals surface area contributed by atoms with Gasteiger partial charge in [0.1, 0.15) is 11.9 Å². The number of hydrogen-bond donors (Lipinski definition) is 0. The van der Waals surface area contributed by atoms with Crippen molar-refractivity contribution in [2.45, 2.75) is 39.3 Å². The van der Waals surface area contributed by atoms with Gasteiger partial charge in [0.15, 0.2) is 0 Å². The first-order valence-corrected chi connectivity index (χ1v) is 5.46. The number of hydrogen-bond acceptors (Lipinski definition) is 3. The van der Waals surface area contributed by atoms with Gasteiger partial charge in [-0.3, -0.25) is 4.90 Å². The summed E-state index contributed by atoms with van der Waals surface area (Å²) in [6, 6.07) is -3.97. The molecule has 18 heavy (non-hydrogen) atoms. The number of ether oxygens (including phenoxy) is 1. The van der Waals surface area contributed by atoms with Gasteiger partial charge in [0.2, 0.25) is 0 Å². The highest BCUT2D eigenvalue weighted by atomic mass is 16.6. The lowest BCUT2D eigenvalue weighted by Crippen LogP contribution is -2.43. The van der Waals surface area contributed by atoms with E-state index in [1.807, 2.05) is 0 Å². The van der Waals surface area contributed by atoms with E-state index in [0.717, 1.165) is 4.90 Å². The Morgan fingerprint density at radius 2 is 1.94 bits per heavy atom. The lowest BCUT2D eigenvalue weighted by atomic mass is 10.2. The first-order valence-electron chi connectivity index (χ1n) is 7.96. The Bertz CT molecular complexity index is 613. The molecule has 98 valence electrons. The maximum Gasteiger partial charge on any atom is 0.415 e. The molecule has 0 radical (unpaired) electrons. The van der Waals surface area contributed by atoms with Gasteiger partial charge in [0.25, 0.3) is 0 Å². The van der Waals surface area contributed by atoms with Crippen molar-refractivity contribution in [3.05, 3.63) is 30.2 Å². The third-order valence-electron chi connectivity index (χ3n) is 1.92. The van der Waals surface area contributed by atoms with Crippen LogP contribution in [0.4, 0.5) is 10.5 Å². The fourth-order valence-corrected chi connectivity index (χ4v) is 1.20. The molecule has 0 aliphatic rings. The molecule has 0 aliphatic carbocycles. The number of para-hydroxylation sites is 1. The summed E-state index contributed by atoms with van der Waals surface area (Å²) in [5, 5.41) is 0. The van der Waals surface area contributed by atoms with E-state index >= 15 is 0 Å². The molecule has 0 heterocycles. The highest BCUT2D eigenvalue weighted by Gasteiger charge is 2.26. The van der Waals surface area contributed by atoms with Gasteiger partial charge in [-0.2, -0.15) is 0 Å². The number of aldehydes is 1. The standard InChI is InChI=1S/C14H19NO3/c1-11(10-16)15(12-8-6-5-7-9-12)13(17)18-14(2,3)4/h5-11H,1-4H3/t11-/m0/s1/i5D,6D,7D,8D,9D. The molecule has 0 spiro atoms. The minimum atomic E-state index is -1.06. The predicted octanol–water partition coefficient (Wildman–Crippen LogP) is 3.02. The fraction of sp³-hybridized carbons (Fsp3) is 0.429. The second-order valence-electron chi connectivity index (χ2n) is 4.70. The van der Waals surface area contributed by atoms with Gasteiger partial charge in [-0.25, -0.2) is 4.79 Å². The quantitative estimate of drug-likeness (QED) is 0.779. The van der Waals surface area contributed by atoms with Gasteiger partial charge in [0, 0.05) is 5.69 Å². The Balaban J connectivity index is 3.57. The summed E-state index contributed by atoms with van der Waals surface area (Å²) in [4.78, 5) is 24.3. The molecule has 0 bridgehead atoms. The zero-order valence-electron chi connectivity index (χ0n) is 15.8. The molecule has 0 aliphatic heterocycles. The Kier molecular flexibility index (Phi) is 2.61. The maximum absolute atomic E-state index is 12.4. The maximum atomic E-state index is 12.4. The largest absolute Gasteiger partial charge is 0.443 e. The first kappa shape index (κ1) is 8.29. The van der Waals surface area contributed by atoms with E-state index in [9.17, 15) is 9.59 Å². The van der Waals surface area contributed by atoms with Gasteiger partial charge >= 0.3 is 6.09 Å². The normalized spacial score (nSPS) is 16.6. The minimum Gasteiger partial charge on any atom is -0.443 e. The van der Waals surface area contributed by atoms with Crippen LogP contribution in [0.3, 0.4) is 0 Å². The van der Waals surface area contributed by atoms with E-state index in [4.69, 9.17) is 11.6 Å². The summed E-state index contributed by atoms with van der Waals surface area (Å²) >= 11 is 0. The SMILES string of the molecule is [2H]c1c([2H])c([2H])c(N(C(=O)OC(C)(C)C)[C@@H](C)C=O)c([2H])c1[2H]. The first-order chi connectivity index (χ1) is 10.4. The van der Waals surface area contributed by atoms with Crippen LogP contribution in [0.1, 0.15) is 34.5 Å². The van der Waals surface area contributed by atoms with Crippen molar-refractivity contribution < 1.29 is 21.2 Å². The predicted molar refractivity (Wildman–Crippen MR) is 70.7 cm³/mol. The number of nitrogens with zero attached hydrogens (tertiary/aromatic N) is 1. The molecule has 0 saturated carbocycles. The van der Waals surface area contributed by atoms with E-state index < -0.39 is 47.9 Å².